The number of benzene rings is 5. The van der Waals surface area contributed by atoms with Crippen molar-refractivity contribution in [2.24, 2.45) is 0 Å². The average Bonchev–Trinajstić information content (AvgIpc) is 3.56. The molecule has 6 rings (SSSR count). The van der Waals surface area contributed by atoms with Crippen LogP contribution in [0.25, 0.3) is 27.6 Å². The second-order valence-electron chi connectivity index (χ2n) is 21.8. The summed E-state index contributed by atoms with van der Waals surface area (Å²) in [5.41, 5.74) is 3.16. The largest absolute Gasteiger partial charge is 0.490 e. The van der Waals surface area contributed by atoms with Crippen LogP contribution in [0.4, 0.5) is 4.79 Å². The maximum Gasteiger partial charge on any atom is 0.328 e. The highest BCUT2D eigenvalue weighted by Gasteiger charge is 2.28. The lowest BCUT2D eigenvalue weighted by atomic mass is 9.90. The van der Waals surface area contributed by atoms with Crippen LogP contribution < -0.4 is 29.6 Å². The average molecular weight is 1080 g/mol. The number of fused-ring (bicyclic) bond motifs is 2. The van der Waals surface area contributed by atoms with Crippen molar-refractivity contribution in [1.29, 1.82) is 0 Å². The third-order valence-corrected chi connectivity index (χ3v) is 15.1. The van der Waals surface area contributed by atoms with Gasteiger partial charge < -0.3 is 18.9 Å². The van der Waals surface area contributed by atoms with Gasteiger partial charge in [0.05, 0.1) is 19.8 Å². The summed E-state index contributed by atoms with van der Waals surface area (Å²) in [6, 6.07) is 26.8. The van der Waals surface area contributed by atoms with Gasteiger partial charge in [0.2, 0.25) is 5.75 Å². The first-order chi connectivity index (χ1) is 38.9. The minimum Gasteiger partial charge on any atom is -0.490 e. The van der Waals surface area contributed by atoms with E-state index >= 15 is 0 Å². The Morgan fingerprint density at radius 3 is 1.22 bits per heavy atom. The van der Waals surface area contributed by atoms with Crippen LogP contribution >= 0.6 is 0 Å². The molecule has 0 bridgehead atoms. The third-order valence-electron chi connectivity index (χ3n) is 15.1. The summed E-state index contributed by atoms with van der Waals surface area (Å²) in [5.74, 6) is 8.29. The second-order valence-corrected chi connectivity index (χ2v) is 21.8. The third kappa shape index (κ3) is 21.7. The Morgan fingerprint density at radius 2 is 0.797 bits per heavy atom. The first-order valence-electron chi connectivity index (χ1n) is 31.0. The van der Waals surface area contributed by atoms with Crippen molar-refractivity contribution < 1.29 is 33.3 Å². The summed E-state index contributed by atoms with van der Waals surface area (Å²) in [7, 11) is 0. The van der Waals surface area contributed by atoms with Gasteiger partial charge in [-0.3, -0.25) is 20.2 Å². The second kappa shape index (κ2) is 36.8. The van der Waals surface area contributed by atoms with Gasteiger partial charge in [0.15, 0.2) is 11.5 Å². The molecule has 79 heavy (non-hydrogen) atoms. The van der Waals surface area contributed by atoms with Crippen molar-refractivity contribution in [3.05, 3.63) is 113 Å². The zero-order valence-corrected chi connectivity index (χ0v) is 48.6. The summed E-state index contributed by atoms with van der Waals surface area (Å²) < 4.78 is 26.5. The number of imide groups is 2. The van der Waals surface area contributed by atoms with E-state index in [2.05, 4.69) is 55.4 Å². The standard InChI is InChI=1S/C70H94N2O7/c1-4-7-10-13-16-19-22-25-28-35-48-76-65-51-56(52-66(77-49-36-29-26-23-20-17-14-11-8-5-2)67(65)78-50-37-30-27-24-21-18-15-12-9-6-3)54-79-57-45-42-55(43-46-57)44-47-62-58-38-31-33-40-60(58)63(61-41-34-32-39-59(61)62)53-64-68(73)71-70(75)72-69(64)74/h31-34,38-43,45-46,51-53H,4-30,35-37,48-50,54H2,1-3H3,(H2,71,72,73,74,75). The van der Waals surface area contributed by atoms with Crippen LogP contribution in [0, 0.1) is 11.8 Å². The number of unbranched alkanes of at least 4 members (excludes halogenated alkanes) is 27. The summed E-state index contributed by atoms with van der Waals surface area (Å²) in [6.45, 7) is 9.05. The number of hydrogen-bond acceptors (Lipinski definition) is 7. The molecular formula is C70H94N2O7. The Kier molecular flexibility index (Phi) is 28.9. The molecule has 9 heteroatoms. The Balaban J connectivity index is 1.15. The highest BCUT2D eigenvalue weighted by molar-refractivity contribution is 6.32. The molecule has 1 aliphatic heterocycles. The van der Waals surface area contributed by atoms with Crippen LogP contribution in [0.1, 0.15) is 236 Å². The zero-order chi connectivity index (χ0) is 55.5. The maximum absolute atomic E-state index is 12.8. The number of barbiturate groups is 1. The number of carbonyl (C=O) groups excluding carboxylic acids is 3. The van der Waals surface area contributed by atoms with E-state index in [1.165, 1.54) is 154 Å². The monoisotopic (exact) mass is 1070 g/mol. The van der Waals surface area contributed by atoms with Crippen molar-refractivity contribution in [2.45, 2.75) is 220 Å². The fourth-order valence-corrected chi connectivity index (χ4v) is 10.5. The number of carbonyl (C=O) groups is 3. The number of amides is 4. The quantitative estimate of drug-likeness (QED) is 0.0132. The van der Waals surface area contributed by atoms with Crippen LogP contribution in [0.2, 0.25) is 0 Å². The molecule has 0 aliphatic carbocycles. The molecule has 5 aromatic rings. The van der Waals surface area contributed by atoms with Crippen molar-refractivity contribution in [1.82, 2.24) is 10.6 Å². The van der Waals surface area contributed by atoms with Gasteiger partial charge >= 0.3 is 6.03 Å². The first kappa shape index (κ1) is 61.9. The maximum atomic E-state index is 12.8. The van der Waals surface area contributed by atoms with Gasteiger partial charge in [-0.25, -0.2) is 4.79 Å². The molecule has 1 heterocycles. The predicted octanol–water partition coefficient (Wildman–Crippen LogP) is 18.6. The molecule has 426 valence electrons. The van der Waals surface area contributed by atoms with Crippen LogP contribution in [0.5, 0.6) is 23.0 Å². The van der Waals surface area contributed by atoms with Gasteiger partial charge in [0.25, 0.3) is 11.8 Å². The SMILES string of the molecule is CCCCCCCCCCCCOc1cc(COc2ccc(C#Cc3c4ccccc4c(C=C4C(=O)NC(=O)NC4=O)c4ccccc34)cc2)cc(OCCCCCCCCCCCC)c1OCCCCCCCCCCCC. The fourth-order valence-electron chi connectivity index (χ4n) is 10.5. The van der Waals surface area contributed by atoms with Crippen LogP contribution in [-0.4, -0.2) is 37.7 Å². The molecule has 0 unspecified atom stereocenters. The lowest BCUT2D eigenvalue weighted by Gasteiger charge is -2.19. The van der Waals surface area contributed by atoms with E-state index in [0.29, 0.717) is 32.0 Å². The van der Waals surface area contributed by atoms with E-state index < -0.39 is 17.8 Å². The van der Waals surface area contributed by atoms with Gasteiger partial charge in [-0.15, -0.1) is 0 Å². The molecule has 2 N–H and O–H groups in total. The Labute approximate surface area is 474 Å². The van der Waals surface area contributed by atoms with E-state index in [1.54, 1.807) is 6.08 Å². The normalized spacial score (nSPS) is 12.3. The summed E-state index contributed by atoms with van der Waals surface area (Å²) in [6.07, 6.45) is 39.7. The highest BCUT2D eigenvalue weighted by Crippen LogP contribution is 2.40. The Morgan fingerprint density at radius 1 is 0.418 bits per heavy atom. The molecule has 5 aromatic carbocycles. The first-order valence-corrected chi connectivity index (χ1v) is 31.0. The summed E-state index contributed by atoms with van der Waals surface area (Å²) >= 11 is 0. The number of nitrogens with one attached hydrogen (secondary N) is 2. The number of ether oxygens (including phenoxy) is 4. The zero-order valence-electron chi connectivity index (χ0n) is 48.6. The van der Waals surface area contributed by atoms with Crippen molar-refractivity contribution in [3.8, 4) is 34.8 Å². The van der Waals surface area contributed by atoms with Crippen molar-refractivity contribution >= 4 is 45.5 Å². The van der Waals surface area contributed by atoms with Gasteiger partial charge in [-0.05, 0) is 94.4 Å². The molecule has 0 saturated carbocycles. The Bertz CT molecular complexity index is 2590. The van der Waals surface area contributed by atoms with Gasteiger partial charge in [0.1, 0.15) is 17.9 Å². The fraction of sp³-hybridized carbons (Fsp3) is 0.529. The summed E-state index contributed by atoms with van der Waals surface area (Å²) in [5, 5.41) is 7.77. The Hall–Kier alpha value is -6.27. The van der Waals surface area contributed by atoms with Crippen LogP contribution in [-0.2, 0) is 16.2 Å². The molecule has 1 fully saturated rings. The number of urea groups is 1. The molecular weight excluding hydrogens is 981 g/mol. The van der Waals surface area contributed by atoms with E-state index in [1.807, 2.05) is 72.8 Å². The smallest absolute Gasteiger partial charge is 0.328 e. The van der Waals surface area contributed by atoms with E-state index in [0.717, 1.165) is 99.8 Å². The molecule has 0 spiro atoms. The lowest BCUT2D eigenvalue weighted by Crippen LogP contribution is -2.51. The van der Waals surface area contributed by atoms with Crippen LogP contribution in [0.15, 0.2) is 90.5 Å². The number of hydrogen-bond donors (Lipinski definition) is 2. The molecule has 0 radical (unpaired) electrons. The van der Waals surface area contributed by atoms with E-state index in [-0.39, 0.29) is 5.57 Å². The van der Waals surface area contributed by atoms with Crippen molar-refractivity contribution in [3.63, 3.8) is 0 Å². The molecule has 1 aliphatic rings. The van der Waals surface area contributed by atoms with Crippen LogP contribution in [0.3, 0.4) is 0 Å². The van der Waals surface area contributed by atoms with E-state index in [4.69, 9.17) is 18.9 Å². The topological polar surface area (TPSA) is 112 Å². The lowest BCUT2D eigenvalue weighted by molar-refractivity contribution is -0.123. The molecule has 4 amide bonds. The molecule has 1 saturated heterocycles. The van der Waals surface area contributed by atoms with Gasteiger partial charge in [-0.2, -0.15) is 0 Å². The minimum absolute atomic E-state index is 0.140. The van der Waals surface area contributed by atoms with Gasteiger partial charge in [0, 0.05) is 11.1 Å². The molecule has 0 aromatic heterocycles. The molecule has 0 atom stereocenters. The van der Waals surface area contributed by atoms with E-state index in [9.17, 15) is 14.4 Å². The summed E-state index contributed by atoms with van der Waals surface area (Å²) in [4.78, 5) is 37.4. The molecule has 9 nitrogen and oxygen atoms in total. The van der Waals surface area contributed by atoms with Crippen molar-refractivity contribution in [2.75, 3.05) is 19.8 Å². The van der Waals surface area contributed by atoms with Gasteiger partial charge in [-0.1, -0.05) is 255 Å². The minimum atomic E-state index is -0.833. The number of rotatable bonds is 40. The predicted molar refractivity (Wildman–Crippen MR) is 326 cm³/mol. The highest BCUT2D eigenvalue weighted by atomic mass is 16.5.